The second-order valence-electron chi connectivity index (χ2n) is 5.17. The normalized spacial score (nSPS) is 12.6. The highest BCUT2D eigenvalue weighted by Gasteiger charge is 2.22. The first-order chi connectivity index (χ1) is 10.1. The lowest BCUT2D eigenvalue weighted by molar-refractivity contribution is 0.413. The molecule has 0 radical (unpaired) electrons. The molecule has 0 spiro atoms. The summed E-state index contributed by atoms with van der Waals surface area (Å²) in [6.07, 6.45) is 1.70. The van der Waals surface area contributed by atoms with Gasteiger partial charge in [-0.25, -0.2) is 8.78 Å². The summed E-state index contributed by atoms with van der Waals surface area (Å²) in [5.41, 5.74) is 0.844. The summed E-state index contributed by atoms with van der Waals surface area (Å²) in [5, 5.41) is 3.27. The fourth-order valence-corrected chi connectivity index (χ4v) is 2.29. The highest BCUT2D eigenvalue weighted by Crippen LogP contribution is 2.28. The molecular formula is C17H21F2NO. The Morgan fingerprint density at radius 2 is 1.90 bits per heavy atom. The van der Waals surface area contributed by atoms with Crippen molar-refractivity contribution in [2.45, 2.75) is 39.7 Å². The molecule has 1 aromatic heterocycles. The molecule has 114 valence electrons. The van der Waals surface area contributed by atoms with E-state index in [2.05, 4.69) is 5.32 Å². The van der Waals surface area contributed by atoms with Crippen LogP contribution in [0.2, 0.25) is 0 Å². The average molecular weight is 293 g/mol. The maximum atomic E-state index is 14.2. The van der Waals surface area contributed by atoms with E-state index < -0.39 is 17.7 Å². The minimum Gasteiger partial charge on any atom is -0.464 e. The number of hydrogen-bond acceptors (Lipinski definition) is 2. The van der Waals surface area contributed by atoms with Gasteiger partial charge in [0.05, 0.1) is 6.04 Å². The lowest BCUT2D eigenvalue weighted by Gasteiger charge is -2.18. The number of aryl methyl sites for hydroxylation is 2. The number of hydrogen-bond donors (Lipinski definition) is 1. The fourth-order valence-electron chi connectivity index (χ4n) is 2.29. The van der Waals surface area contributed by atoms with E-state index in [0.717, 1.165) is 31.2 Å². The van der Waals surface area contributed by atoms with Crippen LogP contribution in [-0.2, 0) is 6.42 Å². The van der Waals surface area contributed by atoms with Gasteiger partial charge in [-0.05, 0) is 43.7 Å². The maximum Gasteiger partial charge on any atom is 0.131 e. The predicted octanol–water partition coefficient (Wildman–Crippen LogP) is 4.52. The van der Waals surface area contributed by atoms with Crippen LogP contribution >= 0.6 is 0 Å². The van der Waals surface area contributed by atoms with Crippen molar-refractivity contribution >= 4 is 0 Å². The average Bonchev–Trinajstić information content (AvgIpc) is 2.93. The molecule has 0 fully saturated rings. The molecule has 1 unspecified atom stereocenters. The Balaban J connectivity index is 2.42. The smallest absolute Gasteiger partial charge is 0.131 e. The van der Waals surface area contributed by atoms with Crippen molar-refractivity contribution in [1.29, 1.82) is 0 Å². The van der Waals surface area contributed by atoms with Gasteiger partial charge in [0.2, 0.25) is 0 Å². The van der Waals surface area contributed by atoms with Crippen LogP contribution in [0.15, 0.2) is 28.7 Å². The zero-order valence-corrected chi connectivity index (χ0v) is 12.7. The number of furan rings is 1. The minimum absolute atomic E-state index is 0.399. The first-order valence-corrected chi connectivity index (χ1v) is 7.34. The van der Waals surface area contributed by atoms with Gasteiger partial charge in [-0.2, -0.15) is 0 Å². The van der Waals surface area contributed by atoms with Gasteiger partial charge in [-0.15, -0.1) is 0 Å². The Bertz CT molecular complexity index is 607. The summed E-state index contributed by atoms with van der Waals surface area (Å²) in [6.45, 7) is 6.40. The Morgan fingerprint density at radius 3 is 2.52 bits per heavy atom. The number of rotatable bonds is 6. The molecule has 0 amide bonds. The number of halogens is 2. The highest BCUT2D eigenvalue weighted by atomic mass is 19.1. The van der Waals surface area contributed by atoms with E-state index in [1.807, 2.05) is 26.0 Å². The summed E-state index contributed by atoms with van der Waals surface area (Å²) in [6, 6.07) is 5.83. The molecule has 21 heavy (non-hydrogen) atoms. The molecule has 0 aliphatic heterocycles. The third-order valence-corrected chi connectivity index (χ3v) is 3.50. The molecule has 1 atom stereocenters. The van der Waals surface area contributed by atoms with Crippen LogP contribution in [0.25, 0.3) is 0 Å². The molecule has 4 heteroatoms. The van der Waals surface area contributed by atoms with Gasteiger partial charge in [0.25, 0.3) is 0 Å². The van der Waals surface area contributed by atoms with E-state index >= 15 is 0 Å². The Hall–Kier alpha value is -1.68. The van der Waals surface area contributed by atoms with Crippen molar-refractivity contribution in [3.8, 4) is 0 Å². The highest BCUT2D eigenvalue weighted by molar-refractivity contribution is 5.33. The van der Waals surface area contributed by atoms with Gasteiger partial charge in [-0.3, -0.25) is 0 Å². The van der Waals surface area contributed by atoms with Gasteiger partial charge in [-0.1, -0.05) is 13.8 Å². The third kappa shape index (κ3) is 3.50. The fraction of sp³-hybridized carbons (Fsp3) is 0.412. The molecule has 0 saturated heterocycles. The monoisotopic (exact) mass is 293 g/mol. The summed E-state index contributed by atoms with van der Waals surface area (Å²) < 4.78 is 33.4. The molecule has 0 aliphatic rings. The molecule has 1 aromatic carbocycles. The zero-order valence-electron chi connectivity index (χ0n) is 12.7. The maximum absolute atomic E-state index is 14.2. The molecule has 0 bridgehead atoms. The van der Waals surface area contributed by atoms with E-state index in [1.54, 1.807) is 13.0 Å². The van der Waals surface area contributed by atoms with E-state index in [1.165, 1.54) is 0 Å². The van der Waals surface area contributed by atoms with Crippen molar-refractivity contribution in [3.63, 3.8) is 0 Å². The predicted molar refractivity (Wildman–Crippen MR) is 79.3 cm³/mol. The molecule has 2 rings (SSSR count). The van der Waals surface area contributed by atoms with Crippen molar-refractivity contribution in [3.05, 3.63) is 58.5 Å². The largest absolute Gasteiger partial charge is 0.464 e. The van der Waals surface area contributed by atoms with E-state index in [0.29, 0.717) is 16.9 Å². The number of nitrogens with one attached hydrogen (secondary N) is 1. The quantitative estimate of drug-likeness (QED) is 0.847. The van der Waals surface area contributed by atoms with Gasteiger partial charge < -0.3 is 9.73 Å². The van der Waals surface area contributed by atoms with Crippen LogP contribution in [0.4, 0.5) is 8.78 Å². The van der Waals surface area contributed by atoms with Crippen LogP contribution in [0, 0.1) is 18.6 Å². The second kappa shape index (κ2) is 6.85. The minimum atomic E-state index is -0.554. The summed E-state index contributed by atoms with van der Waals surface area (Å²) in [7, 11) is 0. The molecule has 0 aliphatic carbocycles. The summed E-state index contributed by atoms with van der Waals surface area (Å²) in [4.78, 5) is 0. The van der Waals surface area contributed by atoms with E-state index in [-0.39, 0.29) is 0 Å². The Kier molecular flexibility index (Phi) is 5.12. The van der Waals surface area contributed by atoms with Gasteiger partial charge in [0, 0.05) is 18.1 Å². The second-order valence-corrected chi connectivity index (χ2v) is 5.17. The third-order valence-electron chi connectivity index (χ3n) is 3.50. The van der Waals surface area contributed by atoms with Crippen LogP contribution in [0.3, 0.4) is 0 Å². The lowest BCUT2D eigenvalue weighted by Crippen LogP contribution is -2.24. The first-order valence-electron chi connectivity index (χ1n) is 7.34. The molecule has 0 saturated carbocycles. The molecule has 2 nitrogen and oxygen atoms in total. The van der Waals surface area contributed by atoms with Crippen LogP contribution in [0.1, 0.15) is 49.0 Å². The van der Waals surface area contributed by atoms with Crippen LogP contribution in [0.5, 0.6) is 0 Å². The van der Waals surface area contributed by atoms with Crippen molar-refractivity contribution in [1.82, 2.24) is 5.32 Å². The lowest BCUT2D eigenvalue weighted by atomic mass is 10.0. The van der Waals surface area contributed by atoms with Crippen molar-refractivity contribution < 1.29 is 13.2 Å². The van der Waals surface area contributed by atoms with Crippen molar-refractivity contribution in [2.24, 2.45) is 0 Å². The van der Waals surface area contributed by atoms with Gasteiger partial charge >= 0.3 is 0 Å². The molecule has 1 N–H and O–H groups in total. The van der Waals surface area contributed by atoms with E-state index in [4.69, 9.17) is 4.42 Å². The standard InChI is InChI=1S/C17H21F2NO/c1-4-8-20-17(16-7-6-12(5-2)21-16)13-9-11(3)14(18)10-15(13)19/h6-7,9-10,17,20H,4-5,8H2,1-3H3. The van der Waals surface area contributed by atoms with Crippen LogP contribution < -0.4 is 5.32 Å². The topological polar surface area (TPSA) is 25.2 Å². The Labute approximate surface area is 124 Å². The summed E-state index contributed by atoms with van der Waals surface area (Å²) in [5.74, 6) is 0.429. The SMILES string of the molecule is CCCNC(c1ccc(CC)o1)c1cc(C)c(F)cc1F. The van der Waals surface area contributed by atoms with E-state index in [9.17, 15) is 8.78 Å². The zero-order chi connectivity index (χ0) is 15.4. The first kappa shape index (κ1) is 15.7. The van der Waals surface area contributed by atoms with Gasteiger partial charge in [0.1, 0.15) is 23.2 Å². The van der Waals surface area contributed by atoms with Gasteiger partial charge in [0.15, 0.2) is 0 Å². The molecule has 2 aromatic rings. The van der Waals surface area contributed by atoms with Crippen LogP contribution in [-0.4, -0.2) is 6.54 Å². The Morgan fingerprint density at radius 1 is 1.14 bits per heavy atom. The summed E-state index contributed by atoms with van der Waals surface area (Å²) >= 11 is 0. The molecular weight excluding hydrogens is 272 g/mol. The van der Waals surface area contributed by atoms with Crippen molar-refractivity contribution in [2.75, 3.05) is 6.54 Å². The number of benzene rings is 1. The molecule has 1 heterocycles.